The van der Waals surface area contributed by atoms with Crippen LogP contribution in [0, 0.1) is 5.92 Å². The van der Waals surface area contributed by atoms with Gasteiger partial charge >= 0.3 is 0 Å². The Bertz CT molecular complexity index is 889. The highest BCUT2D eigenvalue weighted by molar-refractivity contribution is 7.09. The van der Waals surface area contributed by atoms with Crippen LogP contribution in [-0.4, -0.2) is 21.2 Å². The van der Waals surface area contributed by atoms with Crippen LogP contribution in [0.25, 0.3) is 11.4 Å². The van der Waals surface area contributed by atoms with Gasteiger partial charge in [-0.15, -0.1) is 0 Å². The molecule has 26 heavy (non-hydrogen) atoms. The molecule has 2 N–H and O–H groups in total. The number of hydrogen-bond donors (Lipinski definition) is 2. The van der Waals surface area contributed by atoms with Crippen LogP contribution in [0.1, 0.15) is 29.3 Å². The van der Waals surface area contributed by atoms with Crippen LogP contribution in [0.5, 0.6) is 0 Å². The fraction of sp³-hybridized carbons (Fsp3) is 0.222. The van der Waals surface area contributed by atoms with Gasteiger partial charge in [-0.05, 0) is 35.8 Å². The van der Waals surface area contributed by atoms with E-state index < -0.39 is 0 Å². The summed E-state index contributed by atoms with van der Waals surface area (Å²) < 4.78 is 9.56. The summed E-state index contributed by atoms with van der Waals surface area (Å²) in [5.41, 5.74) is 1.45. The van der Waals surface area contributed by atoms with E-state index in [0.29, 0.717) is 27.7 Å². The number of furan rings is 1. The van der Waals surface area contributed by atoms with E-state index >= 15 is 0 Å². The molecular weight excluding hydrogens is 352 g/mol. The summed E-state index contributed by atoms with van der Waals surface area (Å²) in [6.45, 7) is 3.82. The van der Waals surface area contributed by atoms with Crippen molar-refractivity contribution in [2.24, 2.45) is 5.92 Å². The van der Waals surface area contributed by atoms with Crippen molar-refractivity contribution >= 4 is 29.0 Å². The minimum absolute atomic E-state index is 0.192. The summed E-state index contributed by atoms with van der Waals surface area (Å²) in [7, 11) is 0. The second-order valence-electron chi connectivity index (χ2n) is 5.86. The Morgan fingerprint density at radius 3 is 2.73 bits per heavy atom. The van der Waals surface area contributed by atoms with Crippen molar-refractivity contribution in [3.05, 3.63) is 53.4 Å². The minimum Gasteiger partial charge on any atom is -0.467 e. The molecule has 2 amide bonds. The Morgan fingerprint density at radius 2 is 2.08 bits per heavy atom. The van der Waals surface area contributed by atoms with E-state index in [1.807, 2.05) is 6.07 Å². The minimum atomic E-state index is -0.333. The lowest BCUT2D eigenvalue weighted by Crippen LogP contribution is -2.24. The van der Waals surface area contributed by atoms with Gasteiger partial charge < -0.3 is 15.1 Å². The molecule has 0 aromatic carbocycles. The standard InChI is InChI=1S/C18H18N4O3S/c1-11(2)17(23)21-15-14(13-7-3-4-8-19-13)22-26-16(15)18(24)20-10-12-6-5-9-25-12/h3-9,11H,10H2,1-2H3,(H,20,24)(H,21,23). The molecule has 0 atom stereocenters. The first kappa shape index (κ1) is 17.8. The monoisotopic (exact) mass is 370 g/mol. The number of nitrogens with zero attached hydrogens (tertiary/aromatic N) is 2. The van der Waals surface area contributed by atoms with Gasteiger partial charge in [0.25, 0.3) is 5.91 Å². The van der Waals surface area contributed by atoms with Crippen LogP contribution in [0.4, 0.5) is 5.69 Å². The maximum Gasteiger partial charge on any atom is 0.265 e. The van der Waals surface area contributed by atoms with Crippen LogP contribution in [0.3, 0.4) is 0 Å². The van der Waals surface area contributed by atoms with Gasteiger partial charge in [-0.2, -0.15) is 4.37 Å². The maximum absolute atomic E-state index is 12.6. The lowest BCUT2D eigenvalue weighted by Gasteiger charge is -2.10. The molecule has 3 aromatic rings. The normalized spacial score (nSPS) is 10.7. The first-order valence-corrected chi connectivity index (χ1v) is 8.86. The highest BCUT2D eigenvalue weighted by Gasteiger charge is 2.24. The van der Waals surface area contributed by atoms with Crippen molar-refractivity contribution in [1.29, 1.82) is 0 Å². The number of anilines is 1. The number of amides is 2. The molecule has 3 heterocycles. The van der Waals surface area contributed by atoms with Crippen molar-refractivity contribution < 1.29 is 14.0 Å². The number of carbonyl (C=O) groups is 2. The Hall–Kier alpha value is -3.00. The van der Waals surface area contributed by atoms with Crippen molar-refractivity contribution in [3.63, 3.8) is 0 Å². The molecule has 0 aliphatic rings. The van der Waals surface area contributed by atoms with E-state index in [0.717, 1.165) is 11.5 Å². The van der Waals surface area contributed by atoms with Gasteiger partial charge in [-0.25, -0.2) is 0 Å². The molecule has 0 fully saturated rings. The molecule has 0 spiro atoms. The molecule has 8 heteroatoms. The van der Waals surface area contributed by atoms with E-state index in [1.54, 1.807) is 50.6 Å². The summed E-state index contributed by atoms with van der Waals surface area (Å²) in [6, 6.07) is 8.92. The van der Waals surface area contributed by atoms with Gasteiger partial charge in [-0.3, -0.25) is 14.6 Å². The van der Waals surface area contributed by atoms with E-state index in [9.17, 15) is 9.59 Å². The van der Waals surface area contributed by atoms with Crippen LogP contribution in [-0.2, 0) is 11.3 Å². The van der Waals surface area contributed by atoms with E-state index in [-0.39, 0.29) is 24.3 Å². The van der Waals surface area contributed by atoms with Crippen molar-refractivity contribution in [2.45, 2.75) is 20.4 Å². The molecule has 0 aliphatic carbocycles. The van der Waals surface area contributed by atoms with E-state index in [4.69, 9.17) is 4.42 Å². The number of rotatable bonds is 6. The van der Waals surface area contributed by atoms with Crippen LogP contribution >= 0.6 is 11.5 Å². The fourth-order valence-corrected chi connectivity index (χ4v) is 2.93. The van der Waals surface area contributed by atoms with Crippen LogP contribution < -0.4 is 10.6 Å². The van der Waals surface area contributed by atoms with Gasteiger partial charge in [-0.1, -0.05) is 19.9 Å². The third-order valence-corrected chi connectivity index (χ3v) is 4.43. The van der Waals surface area contributed by atoms with Gasteiger partial charge in [0.05, 0.1) is 24.2 Å². The number of hydrogen-bond acceptors (Lipinski definition) is 6. The molecule has 0 bridgehead atoms. The Morgan fingerprint density at radius 1 is 1.23 bits per heavy atom. The average Bonchev–Trinajstić information content (AvgIpc) is 3.30. The number of nitrogens with one attached hydrogen (secondary N) is 2. The lowest BCUT2D eigenvalue weighted by atomic mass is 10.1. The molecule has 0 saturated heterocycles. The molecule has 3 aromatic heterocycles. The molecule has 0 radical (unpaired) electrons. The molecule has 0 unspecified atom stereocenters. The quantitative estimate of drug-likeness (QED) is 0.694. The molecular formula is C18H18N4O3S. The summed E-state index contributed by atoms with van der Waals surface area (Å²) in [6.07, 6.45) is 3.18. The van der Waals surface area contributed by atoms with Gasteiger partial charge in [0.1, 0.15) is 16.3 Å². The summed E-state index contributed by atoms with van der Waals surface area (Å²) in [5.74, 6) is -0.117. The number of pyridine rings is 1. The maximum atomic E-state index is 12.6. The first-order valence-electron chi connectivity index (χ1n) is 8.08. The van der Waals surface area contributed by atoms with Crippen molar-refractivity contribution in [1.82, 2.24) is 14.7 Å². The molecule has 3 rings (SSSR count). The largest absolute Gasteiger partial charge is 0.467 e. The van der Waals surface area contributed by atoms with Gasteiger partial charge in [0.15, 0.2) is 0 Å². The van der Waals surface area contributed by atoms with E-state index in [2.05, 4.69) is 20.0 Å². The zero-order chi connectivity index (χ0) is 18.5. The fourth-order valence-electron chi connectivity index (χ4n) is 2.17. The average molecular weight is 370 g/mol. The van der Waals surface area contributed by atoms with Crippen LogP contribution in [0.2, 0.25) is 0 Å². The first-order chi connectivity index (χ1) is 12.6. The summed E-state index contributed by atoms with van der Waals surface area (Å²) in [4.78, 5) is 29.4. The lowest BCUT2D eigenvalue weighted by molar-refractivity contribution is -0.118. The zero-order valence-corrected chi connectivity index (χ0v) is 15.2. The topological polar surface area (TPSA) is 97.1 Å². The third-order valence-electron chi connectivity index (χ3n) is 3.58. The number of carbonyl (C=O) groups excluding carboxylic acids is 2. The zero-order valence-electron chi connectivity index (χ0n) is 14.4. The highest BCUT2D eigenvalue weighted by atomic mass is 32.1. The Kier molecular flexibility index (Phi) is 5.43. The van der Waals surface area contributed by atoms with Gasteiger partial charge in [0.2, 0.25) is 5.91 Å². The van der Waals surface area contributed by atoms with Gasteiger partial charge in [0, 0.05) is 12.1 Å². The van der Waals surface area contributed by atoms with Crippen molar-refractivity contribution in [3.8, 4) is 11.4 Å². The molecule has 7 nitrogen and oxygen atoms in total. The molecule has 134 valence electrons. The summed E-state index contributed by atoms with van der Waals surface area (Å²) in [5, 5.41) is 5.59. The second-order valence-corrected chi connectivity index (χ2v) is 6.63. The Labute approximate surface area is 154 Å². The predicted molar refractivity (Wildman–Crippen MR) is 98.7 cm³/mol. The summed E-state index contributed by atoms with van der Waals surface area (Å²) >= 11 is 1.02. The van der Waals surface area contributed by atoms with Crippen molar-refractivity contribution in [2.75, 3.05) is 5.32 Å². The van der Waals surface area contributed by atoms with E-state index in [1.165, 1.54) is 0 Å². The SMILES string of the molecule is CC(C)C(=O)Nc1c(-c2ccccn2)nsc1C(=O)NCc1ccco1. The number of aromatic nitrogens is 2. The second kappa shape index (κ2) is 7.92. The van der Waals surface area contributed by atoms with Crippen LogP contribution in [0.15, 0.2) is 47.2 Å². The Balaban J connectivity index is 1.89. The third kappa shape index (κ3) is 3.97. The molecule has 0 saturated carbocycles. The highest BCUT2D eigenvalue weighted by Crippen LogP contribution is 2.32. The smallest absolute Gasteiger partial charge is 0.265 e. The molecule has 0 aliphatic heterocycles. The predicted octanol–water partition coefficient (Wildman–Crippen LogP) is 3.32.